The van der Waals surface area contributed by atoms with Gasteiger partial charge in [0.15, 0.2) is 6.61 Å². The Bertz CT molecular complexity index is 915. The monoisotopic (exact) mass is 412 g/mol. The van der Waals surface area contributed by atoms with E-state index in [9.17, 15) is 14.4 Å². The summed E-state index contributed by atoms with van der Waals surface area (Å²) in [6.07, 6.45) is 0.853. The molecule has 0 aliphatic carbocycles. The van der Waals surface area contributed by atoms with E-state index in [0.717, 1.165) is 22.6 Å². The third-order valence-corrected chi connectivity index (χ3v) is 5.81. The fourth-order valence-electron chi connectivity index (χ4n) is 3.06. The Morgan fingerprint density at radius 2 is 1.97 bits per heavy atom. The van der Waals surface area contributed by atoms with Gasteiger partial charge in [0.25, 0.3) is 11.8 Å². The van der Waals surface area contributed by atoms with Gasteiger partial charge in [-0.25, -0.2) is 0 Å². The van der Waals surface area contributed by atoms with Crippen molar-refractivity contribution in [2.75, 3.05) is 24.6 Å². The van der Waals surface area contributed by atoms with E-state index in [0.29, 0.717) is 17.4 Å². The molecule has 0 spiro atoms. The third kappa shape index (κ3) is 5.60. The number of hydrogen-bond acceptors (Lipinski definition) is 5. The second kappa shape index (κ2) is 9.60. The fraction of sp³-hybridized carbons (Fsp3) is 0.318. The van der Waals surface area contributed by atoms with Crippen LogP contribution in [0.5, 0.6) is 0 Å². The van der Waals surface area contributed by atoms with Gasteiger partial charge in [-0.2, -0.15) is 0 Å². The van der Waals surface area contributed by atoms with Crippen LogP contribution in [0.2, 0.25) is 0 Å². The van der Waals surface area contributed by atoms with E-state index >= 15 is 0 Å². The second-order valence-electron chi connectivity index (χ2n) is 6.94. The highest BCUT2D eigenvalue weighted by molar-refractivity contribution is 8.00. The molecule has 2 aromatic rings. The van der Waals surface area contributed by atoms with E-state index in [2.05, 4.69) is 12.2 Å². The lowest BCUT2D eigenvalue weighted by Crippen LogP contribution is -2.37. The van der Waals surface area contributed by atoms with Gasteiger partial charge in [-0.1, -0.05) is 36.8 Å². The summed E-state index contributed by atoms with van der Waals surface area (Å²) in [6, 6.07) is 14.8. The zero-order valence-electron chi connectivity index (χ0n) is 16.5. The van der Waals surface area contributed by atoms with Crippen molar-refractivity contribution in [3.05, 3.63) is 59.7 Å². The van der Waals surface area contributed by atoms with Crippen molar-refractivity contribution in [2.45, 2.75) is 30.4 Å². The molecular weight excluding hydrogens is 388 g/mol. The molecule has 0 saturated heterocycles. The number of carbonyl (C=O) groups is 3. The number of benzene rings is 2. The first kappa shape index (κ1) is 20.9. The van der Waals surface area contributed by atoms with Gasteiger partial charge >= 0.3 is 5.97 Å². The maximum absolute atomic E-state index is 12.7. The van der Waals surface area contributed by atoms with Gasteiger partial charge in [-0.05, 0) is 37.6 Å². The lowest BCUT2D eigenvalue weighted by atomic mass is 10.1. The van der Waals surface area contributed by atoms with Crippen LogP contribution in [-0.2, 0) is 14.3 Å². The molecule has 1 atom stereocenters. The van der Waals surface area contributed by atoms with E-state index < -0.39 is 5.97 Å². The molecule has 3 rings (SSSR count). The topological polar surface area (TPSA) is 75.7 Å². The summed E-state index contributed by atoms with van der Waals surface area (Å²) < 4.78 is 5.10. The summed E-state index contributed by atoms with van der Waals surface area (Å²) in [6.45, 7) is 3.95. The summed E-state index contributed by atoms with van der Waals surface area (Å²) in [5, 5.41) is 2.92. The molecule has 0 unspecified atom stereocenters. The average molecular weight is 413 g/mol. The minimum atomic E-state index is -0.648. The van der Waals surface area contributed by atoms with Crippen molar-refractivity contribution in [2.24, 2.45) is 0 Å². The molecule has 1 aliphatic heterocycles. The summed E-state index contributed by atoms with van der Waals surface area (Å²) in [4.78, 5) is 39.5. The predicted octanol–water partition coefficient (Wildman–Crippen LogP) is 3.19. The van der Waals surface area contributed by atoms with Crippen LogP contribution >= 0.6 is 11.8 Å². The lowest BCUT2D eigenvalue weighted by Gasteiger charge is -2.22. The second-order valence-corrected chi connectivity index (χ2v) is 8.42. The smallest absolute Gasteiger partial charge is 0.325 e. The van der Waals surface area contributed by atoms with Crippen LogP contribution in [0.1, 0.15) is 29.3 Å². The Hall–Kier alpha value is -2.80. The Balaban J connectivity index is 1.52. The molecule has 2 amide bonds. The zero-order valence-corrected chi connectivity index (χ0v) is 17.3. The van der Waals surface area contributed by atoms with Gasteiger partial charge in [-0.15, -0.1) is 11.8 Å². The van der Waals surface area contributed by atoms with Crippen LogP contribution in [0.25, 0.3) is 0 Å². The summed E-state index contributed by atoms with van der Waals surface area (Å²) >= 11 is 1.74. The Kier molecular flexibility index (Phi) is 6.93. The van der Waals surface area contributed by atoms with Crippen LogP contribution < -0.4 is 10.2 Å². The first-order valence-corrected chi connectivity index (χ1v) is 10.4. The number of amides is 2. The van der Waals surface area contributed by atoms with Gasteiger partial charge in [0, 0.05) is 22.3 Å². The molecule has 1 heterocycles. The van der Waals surface area contributed by atoms with Gasteiger partial charge in [0.2, 0.25) is 0 Å². The number of nitrogens with one attached hydrogen (secondary N) is 1. The van der Waals surface area contributed by atoms with Crippen molar-refractivity contribution >= 4 is 35.2 Å². The number of hydrogen-bond donors (Lipinski definition) is 1. The Morgan fingerprint density at radius 3 is 2.76 bits per heavy atom. The molecule has 0 radical (unpaired) electrons. The van der Waals surface area contributed by atoms with Crippen molar-refractivity contribution in [3.8, 4) is 0 Å². The van der Waals surface area contributed by atoms with E-state index in [1.165, 1.54) is 0 Å². The first-order valence-electron chi connectivity index (χ1n) is 9.50. The molecule has 0 saturated carbocycles. The Labute approximate surface area is 174 Å². The molecule has 2 aromatic carbocycles. The number of anilines is 1. The van der Waals surface area contributed by atoms with Gasteiger partial charge in [-0.3, -0.25) is 14.4 Å². The normalized spacial score (nSPS) is 15.8. The van der Waals surface area contributed by atoms with Crippen LogP contribution in [0, 0.1) is 6.92 Å². The summed E-state index contributed by atoms with van der Waals surface area (Å²) in [5.41, 5.74) is 2.27. The summed E-state index contributed by atoms with van der Waals surface area (Å²) in [5.74, 6) is -1.28. The van der Waals surface area contributed by atoms with E-state index in [1.807, 2.05) is 37.3 Å². The van der Waals surface area contributed by atoms with E-state index in [4.69, 9.17) is 4.74 Å². The number of ether oxygens (including phenoxy) is 1. The van der Waals surface area contributed by atoms with E-state index in [-0.39, 0.29) is 25.0 Å². The number of nitrogens with zero attached hydrogens (tertiary/aromatic N) is 1. The van der Waals surface area contributed by atoms with Gasteiger partial charge in [0.05, 0.1) is 5.69 Å². The number of esters is 1. The lowest BCUT2D eigenvalue weighted by molar-refractivity contribution is -0.146. The molecule has 0 bridgehead atoms. The standard InChI is InChI=1S/C22H24N2O4S/c1-15-6-5-7-17(12-15)22(27)23-13-21(26)28-14-20(25)24-11-10-16(2)29-19-9-4-3-8-18(19)24/h3-9,12,16H,10-11,13-14H2,1-2H3,(H,23,27)/t16-/m0/s1. The van der Waals surface area contributed by atoms with Crippen molar-refractivity contribution < 1.29 is 19.1 Å². The largest absolute Gasteiger partial charge is 0.454 e. The van der Waals surface area contributed by atoms with Crippen molar-refractivity contribution in [3.63, 3.8) is 0 Å². The van der Waals surface area contributed by atoms with Crippen molar-refractivity contribution in [1.29, 1.82) is 0 Å². The summed E-state index contributed by atoms with van der Waals surface area (Å²) in [7, 11) is 0. The molecule has 0 fully saturated rings. The molecule has 0 aromatic heterocycles. The van der Waals surface area contributed by atoms with Gasteiger partial charge < -0.3 is 15.0 Å². The maximum atomic E-state index is 12.7. The predicted molar refractivity (Wildman–Crippen MR) is 113 cm³/mol. The molecule has 152 valence electrons. The van der Waals surface area contributed by atoms with E-state index in [1.54, 1.807) is 34.9 Å². The fourth-order valence-corrected chi connectivity index (χ4v) is 4.17. The quantitative estimate of drug-likeness (QED) is 0.764. The highest BCUT2D eigenvalue weighted by atomic mass is 32.2. The number of rotatable bonds is 5. The number of thioether (sulfide) groups is 1. The van der Waals surface area contributed by atoms with Crippen molar-refractivity contribution in [1.82, 2.24) is 5.32 Å². The minimum Gasteiger partial charge on any atom is -0.454 e. The Morgan fingerprint density at radius 1 is 1.17 bits per heavy atom. The van der Waals surface area contributed by atoms with Crippen LogP contribution in [-0.4, -0.2) is 42.7 Å². The zero-order chi connectivity index (χ0) is 20.8. The molecule has 1 N–H and O–H groups in total. The third-order valence-electron chi connectivity index (χ3n) is 4.57. The first-order chi connectivity index (χ1) is 13.9. The number of fused-ring (bicyclic) bond motifs is 1. The SMILES string of the molecule is Cc1cccc(C(=O)NCC(=O)OCC(=O)N2CC[C@H](C)Sc3ccccc32)c1. The highest BCUT2D eigenvalue weighted by Crippen LogP contribution is 2.37. The average Bonchev–Trinajstić information content (AvgIpc) is 2.88. The van der Waals surface area contributed by atoms with Crippen LogP contribution in [0.15, 0.2) is 53.4 Å². The molecule has 1 aliphatic rings. The molecule has 29 heavy (non-hydrogen) atoms. The van der Waals surface area contributed by atoms with Gasteiger partial charge in [0.1, 0.15) is 6.54 Å². The minimum absolute atomic E-state index is 0.273. The maximum Gasteiger partial charge on any atom is 0.325 e. The highest BCUT2D eigenvalue weighted by Gasteiger charge is 2.24. The number of aryl methyl sites for hydroxylation is 1. The number of carbonyl (C=O) groups excluding carboxylic acids is 3. The number of para-hydroxylation sites is 1. The van der Waals surface area contributed by atoms with Crippen LogP contribution in [0.4, 0.5) is 5.69 Å². The molecule has 6 nitrogen and oxygen atoms in total. The van der Waals surface area contributed by atoms with Crippen LogP contribution in [0.3, 0.4) is 0 Å². The molecular formula is C22H24N2O4S. The molecule has 7 heteroatoms.